The van der Waals surface area contributed by atoms with Gasteiger partial charge in [-0.2, -0.15) is 0 Å². The molecule has 0 heterocycles. The molecule has 21 heavy (non-hydrogen) atoms. The fourth-order valence-electron chi connectivity index (χ4n) is 1.78. The van der Waals surface area contributed by atoms with Crippen molar-refractivity contribution in [3.63, 3.8) is 0 Å². The summed E-state index contributed by atoms with van der Waals surface area (Å²) in [6.07, 6.45) is 0. The molecule has 0 fully saturated rings. The highest BCUT2D eigenvalue weighted by molar-refractivity contribution is 6.44. The van der Waals surface area contributed by atoms with Crippen LogP contribution in [0.4, 0.5) is 16.2 Å². The number of anilines is 2. The number of benzene rings is 2. The molecule has 110 valence electrons. The largest absolute Gasteiger partial charge is 0.497 e. The first kappa shape index (κ1) is 15.5. The van der Waals surface area contributed by atoms with Crippen LogP contribution in [0.1, 0.15) is 5.56 Å². The Bertz CT molecular complexity index is 675. The molecule has 0 aromatic heterocycles. The minimum absolute atomic E-state index is 0.306. The monoisotopic (exact) mass is 324 g/mol. The van der Waals surface area contributed by atoms with E-state index in [1.54, 1.807) is 37.4 Å². The summed E-state index contributed by atoms with van der Waals surface area (Å²) in [7, 11) is 1.59. The first-order valence-corrected chi connectivity index (χ1v) is 6.93. The Morgan fingerprint density at radius 3 is 2.48 bits per heavy atom. The van der Waals surface area contributed by atoms with Crippen molar-refractivity contribution in [1.29, 1.82) is 0 Å². The minimum atomic E-state index is -0.396. The van der Waals surface area contributed by atoms with Crippen LogP contribution in [0, 0.1) is 6.92 Å². The lowest BCUT2D eigenvalue weighted by molar-refractivity contribution is 0.262. The third-order valence-corrected chi connectivity index (χ3v) is 3.70. The standard InChI is InChI=1S/C15H14Cl2N2O2/c1-9-8-10(21-2)6-7-12(9)18-15(20)19-13-5-3-4-11(16)14(13)17/h3-8H,1-2H3,(H2,18,19,20). The molecule has 0 aliphatic carbocycles. The van der Waals surface area contributed by atoms with Crippen LogP contribution < -0.4 is 15.4 Å². The zero-order chi connectivity index (χ0) is 15.4. The SMILES string of the molecule is COc1ccc(NC(=O)Nc2cccc(Cl)c2Cl)c(C)c1. The molecule has 6 heteroatoms. The molecule has 0 spiro atoms. The average Bonchev–Trinajstić information content (AvgIpc) is 2.46. The average molecular weight is 325 g/mol. The third-order valence-electron chi connectivity index (χ3n) is 2.88. The van der Waals surface area contributed by atoms with Gasteiger partial charge >= 0.3 is 6.03 Å². The van der Waals surface area contributed by atoms with Gasteiger partial charge in [-0.05, 0) is 42.8 Å². The maximum atomic E-state index is 12.0. The summed E-state index contributed by atoms with van der Waals surface area (Å²) in [5.74, 6) is 0.733. The fraction of sp³-hybridized carbons (Fsp3) is 0.133. The van der Waals surface area contributed by atoms with Gasteiger partial charge in [0.2, 0.25) is 0 Å². The Morgan fingerprint density at radius 2 is 1.81 bits per heavy atom. The molecule has 0 radical (unpaired) electrons. The molecule has 4 nitrogen and oxygen atoms in total. The maximum Gasteiger partial charge on any atom is 0.323 e. The van der Waals surface area contributed by atoms with Crippen molar-refractivity contribution in [3.8, 4) is 5.75 Å². The second-order valence-corrected chi connectivity index (χ2v) is 5.15. The van der Waals surface area contributed by atoms with Crippen LogP contribution in [0.2, 0.25) is 10.0 Å². The fourth-order valence-corrected chi connectivity index (χ4v) is 2.13. The van der Waals surface area contributed by atoms with Crippen molar-refractivity contribution in [2.45, 2.75) is 6.92 Å². The molecule has 0 atom stereocenters. The molecule has 0 unspecified atom stereocenters. The topological polar surface area (TPSA) is 50.4 Å². The number of rotatable bonds is 3. The number of aryl methyl sites for hydroxylation is 1. The molecule has 2 aromatic carbocycles. The summed E-state index contributed by atoms with van der Waals surface area (Å²) < 4.78 is 5.12. The van der Waals surface area contributed by atoms with Crippen molar-refractivity contribution in [2.75, 3.05) is 17.7 Å². The number of hydrogen-bond acceptors (Lipinski definition) is 2. The van der Waals surface area contributed by atoms with E-state index in [0.29, 0.717) is 21.4 Å². The predicted octanol–water partition coefficient (Wildman–Crippen LogP) is 4.95. The van der Waals surface area contributed by atoms with Gasteiger partial charge in [-0.15, -0.1) is 0 Å². The molecule has 0 saturated carbocycles. The Morgan fingerprint density at radius 1 is 1.10 bits per heavy atom. The summed E-state index contributed by atoms with van der Waals surface area (Å²) in [6, 6.07) is 10.0. The second kappa shape index (κ2) is 6.70. The lowest BCUT2D eigenvalue weighted by atomic mass is 10.2. The number of halogens is 2. The highest BCUT2D eigenvalue weighted by atomic mass is 35.5. The quantitative estimate of drug-likeness (QED) is 0.838. The molecule has 0 saturated heterocycles. The number of nitrogens with one attached hydrogen (secondary N) is 2. The lowest BCUT2D eigenvalue weighted by Crippen LogP contribution is -2.20. The van der Waals surface area contributed by atoms with Crippen molar-refractivity contribution in [1.82, 2.24) is 0 Å². The zero-order valence-corrected chi connectivity index (χ0v) is 13.0. The van der Waals surface area contributed by atoms with E-state index in [2.05, 4.69) is 10.6 Å². The number of amides is 2. The molecule has 0 bridgehead atoms. The molecule has 0 aliphatic rings. The van der Waals surface area contributed by atoms with Gasteiger partial charge in [-0.25, -0.2) is 4.79 Å². The van der Waals surface area contributed by atoms with Crippen LogP contribution in [0.15, 0.2) is 36.4 Å². The Hall–Kier alpha value is -1.91. The lowest BCUT2D eigenvalue weighted by Gasteiger charge is -2.12. The van der Waals surface area contributed by atoms with Gasteiger partial charge in [-0.1, -0.05) is 29.3 Å². The number of ether oxygens (including phenoxy) is 1. The highest BCUT2D eigenvalue weighted by Gasteiger charge is 2.09. The normalized spacial score (nSPS) is 10.1. The Balaban J connectivity index is 2.10. The first-order chi connectivity index (χ1) is 10.0. The number of carbonyl (C=O) groups excluding carboxylic acids is 1. The van der Waals surface area contributed by atoms with E-state index in [0.717, 1.165) is 11.3 Å². The molecule has 2 amide bonds. The van der Waals surface area contributed by atoms with Crippen LogP contribution in [0.25, 0.3) is 0 Å². The van der Waals surface area contributed by atoms with Crippen LogP contribution in [0.3, 0.4) is 0 Å². The molecule has 2 rings (SSSR count). The molecule has 2 N–H and O–H groups in total. The van der Waals surface area contributed by atoms with Gasteiger partial charge < -0.3 is 15.4 Å². The second-order valence-electron chi connectivity index (χ2n) is 4.36. The summed E-state index contributed by atoms with van der Waals surface area (Å²) in [4.78, 5) is 12.0. The predicted molar refractivity (Wildman–Crippen MR) is 86.8 cm³/mol. The smallest absolute Gasteiger partial charge is 0.323 e. The molecule has 0 aliphatic heterocycles. The number of methoxy groups -OCH3 is 1. The van der Waals surface area contributed by atoms with Crippen LogP contribution in [0.5, 0.6) is 5.75 Å². The maximum absolute atomic E-state index is 12.0. The summed E-state index contributed by atoms with van der Waals surface area (Å²) in [5, 5.41) is 6.10. The van der Waals surface area contributed by atoms with E-state index in [1.165, 1.54) is 0 Å². The van der Waals surface area contributed by atoms with E-state index in [-0.39, 0.29) is 0 Å². The van der Waals surface area contributed by atoms with Gasteiger partial charge in [0, 0.05) is 5.69 Å². The van der Waals surface area contributed by atoms with E-state index in [9.17, 15) is 4.79 Å². The minimum Gasteiger partial charge on any atom is -0.497 e. The first-order valence-electron chi connectivity index (χ1n) is 6.18. The molecule has 2 aromatic rings. The van der Waals surface area contributed by atoms with Crippen molar-refractivity contribution in [3.05, 3.63) is 52.0 Å². The van der Waals surface area contributed by atoms with Crippen molar-refractivity contribution >= 4 is 40.6 Å². The van der Waals surface area contributed by atoms with Gasteiger partial charge in [0.1, 0.15) is 5.75 Å². The van der Waals surface area contributed by atoms with Crippen LogP contribution in [-0.4, -0.2) is 13.1 Å². The summed E-state index contributed by atoms with van der Waals surface area (Å²) in [5.41, 5.74) is 2.03. The Labute approximate surface area is 133 Å². The molecular weight excluding hydrogens is 311 g/mol. The Kier molecular flexibility index (Phi) is 4.94. The van der Waals surface area contributed by atoms with Gasteiger partial charge in [0.15, 0.2) is 0 Å². The van der Waals surface area contributed by atoms with Gasteiger partial charge in [-0.3, -0.25) is 0 Å². The van der Waals surface area contributed by atoms with Crippen molar-refractivity contribution in [2.24, 2.45) is 0 Å². The summed E-state index contributed by atoms with van der Waals surface area (Å²) >= 11 is 11.9. The van der Waals surface area contributed by atoms with E-state index in [4.69, 9.17) is 27.9 Å². The molecular formula is C15H14Cl2N2O2. The highest BCUT2D eigenvalue weighted by Crippen LogP contribution is 2.29. The van der Waals surface area contributed by atoms with Crippen LogP contribution >= 0.6 is 23.2 Å². The van der Waals surface area contributed by atoms with Crippen molar-refractivity contribution < 1.29 is 9.53 Å². The van der Waals surface area contributed by atoms with Gasteiger partial charge in [0.25, 0.3) is 0 Å². The van der Waals surface area contributed by atoms with E-state index in [1.807, 2.05) is 13.0 Å². The third kappa shape index (κ3) is 3.80. The zero-order valence-electron chi connectivity index (χ0n) is 11.5. The number of carbonyl (C=O) groups is 1. The van der Waals surface area contributed by atoms with Gasteiger partial charge in [0.05, 0.1) is 22.8 Å². The number of urea groups is 1. The van der Waals surface area contributed by atoms with Crippen LogP contribution in [-0.2, 0) is 0 Å². The van der Waals surface area contributed by atoms with E-state index < -0.39 is 6.03 Å². The van der Waals surface area contributed by atoms with E-state index >= 15 is 0 Å². The summed E-state index contributed by atoms with van der Waals surface area (Å²) in [6.45, 7) is 1.88. The number of hydrogen-bond donors (Lipinski definition) is 2.